The quantitative estimate of drug-likeness (QED) is 0.779. The number of sulfone groups is 1. The summed E-state index contributed by atoms with van der Waals surface area (Å²) < 4.78 is 26.8. The topological polar surface area (TPSA) is 72.0 Å². The van der Waals surface area contributed by atoms with Gasteiger partial charge in [-0.1, -0.05) is 11.4 Å². The van der Waals surface area contributed by atoms with Crippen molar-refractivity contribution in [3.05, 3.63) is 30.0 Å². The van der Waals surface area contributed by atoms with Crippen LogP contribution < -0.4 is 5.32 Å². The molecule has 8 heteroatoms. The molecule has 2 rings (SSSR count). The second-order valence-electron chi connectivity index (χ2n) is 4.51. The smallest absolute Gasteiger partial charge is 0.175 e. The molecule has 0 unspecified atom stereocenters. The fourth-order valence-corrected chi connectivity index (χ4v) is 3.77. The van der Waals surface area contributed by atoms with Crippen molar-refractivity contribution in [3.8, 4) is 0 Å². The van der Waals surface area contributed by atoms with E-state index in [1.807, 2.05) is 12.1 Å². The Hall–Kier alpha value is -1.12. The van der Waals surface area contributed by atoms with E-state index in [4.69, 9.17) is 0 Å². The zero-order chi connectivity index (χ0) is 15.3. The van der Waals surface area contributed by atoms with Gasteiger partial charge in [-0.3, -0.25) is 0 Å². The molecule has 1 N–H and O–H groups in total. The maximum atomic E-state index is 11.4. The summed E-state index contributed by atoms with van der Waals surface area (Å²) in [5.41, 5.74) is 0.936. The van der Waals surface area contributed by atoms with Crippen molar-refractivity contribution < 1.29 is 8.42 Å². The average molecular weight is 343 g/mol. The molecule has 21 heavy (non-hydrogen) atoms. The fraction of sp³-hybridized carbons (Fsp3) is 0.385. The normalized spacial score (nSPS) is 11.5. The molecule has 0 atom stereocenters. The van der Waals surface area contributed by atoms with Crippen LogP contribution in [-0.4, -0.2) is 30.8 Å². The molecule has 2 aromatic rings. The molecule has 0 saturated heterocycles. The van der Waals surface area contributed by atoms with Crippen LogP contribution in [0.25, 0.3) is 0 Å². The van der Waals surface area contributed by atoms with Crippen molar-refractivity contribution in [2.24, 2.45) is 0 Å². The van der Waals surface area contributed by atoms with Gasteiger partial charge in [0.15, 0.2) is 9.84 Å². The minimum Gasteiger partial charge on any atom is -0.374 e. The van der Waals surface area contributed by atoms with E-state index in [1.54, 1.807) is 23.9 Å². The Morgan fingerprint density at radius 3 is 2.62 bits per heavy atom. The summed E-state index contributed by atoms with van der Waals surface area (Å²) >= 11 is 2.98. The predicted molar refractivity (Wildman–Crippen MR) is 87.8 cm³/mol. The lowest BCUT2D eigenvalue weighted by Crippen LogP contribution is -2.00. The number of hydrogen-bond acceptors (Lipinski definition) is 7. The van der Waals surface area contributed by atoms with Gasteiger partial charge in [0, 0.05) is 35.0 Å². The molecule has 0 fully saturated rings. The fourth-order valence-electron chi connectivity index (χ4n) is 1.61. The van der Waals surface area contributed by atoms with Crippen LogP contribution in [0.3, 0.4) is 0 Å². The van der Waals surface area contributed by atoms with Gasteiger partial charge in [-0.2, -0.15) is 0 Å². The minimum atomic E-state index is -3.13. The van der Waals surface area contributed by atoms with Gasteiger partial charge in [0.05, 0.1) is 4.90 Å². The zero-order valence-electron chi connectivity index (χ0n) is 11.9. The van der Waals surface area contributed by atoms with Crippen LogP contribution in [0, 0.1) is 0 Å². The van der Waals surface area contributed by atoms with Gasteiger partial charge in [0.2, 0.25) is 0 Å². The summed E-state index contributed by atoms with van der Waals surface area (Å²) in [5.74, 6) is 0.709. The second-order valence-corrected chi connectivity index (χ2v) is 8.33. The largest absolute Gasteiger partial charge is 0.374 e. The number of rotatable bonds is 7. The van der Waals surface area contributed by atoms with Crippen LogP contribution in [-0.2, 0) is 15.6 Å². The van der Waals surface area contributed by atoms with E-state index in [0.29, 0.717) is 10.6 Å². The van der Waals surface area contributed by atoms with Crippen LogP contribution in [0.15, 0.2) is 34.1 Å². The van der Waals surface area contributed by atoms with E-state index in [1.165, 1.54) is 17.8 Å². The average Bonchev–Trinajstić information content (AvgIpc) is 2.90. The molecule has 1 heterocycles. The lowest BCUT2D eigenvalue weighted by atomic mass is 10.4. The molecular weight excluding hydrogens is 326 g/mol. The first-order valence-electron chi connectivity index (χ1n) is 6.48. The van der Waals surface area contributed by atoms with Crippen molar-refractivity contribution in [3.63, 3.8) is 0 Å². The van der Waals surface area contributed by atoms with Crippen LogP contribution >= 0.6 is 23.3 Å². The molecule has 0 aliphatic carbocycles. The summed E-state index contributed by atoms with van der Waals surface area (Å²) in [7, 11) is -3.13. The predicted octanol–water partition coefficient (Wildman–Crippen LogP) is 3.06. The van der Waals surface area contributed by atoms with Crippen molar-refractivity contribution >= 4 is 38.1 Å². The van der Waals surface area contributed by atoms with Crippen LogP contribution in [0.2, 0.25) is 0 Å². The number of benzene rings is 1. The summed E-state index contributed by atoms with van der Waals surface area (Å²) in [6.45, 7) is 3.02. The molecule has 0 aliphatic heterocycles. The highest BCUT2D eigenvalue weighted by Gasteiger charge is 2.09. The summed E-state index contributed by atoms with van der Waals surface area (Å²) in [6, 6.07) is 6.90. The molecule has 114 valence electrons. The SMILES string of the molecule is CCCNc1snnc1CSc1ccc(S(C)(=O)=O)cc1. The summed E-state index contributed by atoms with van der Waals surface area (Å²) in [6.07, 6.45) is 2.26. The molecule has 5 nitrogen and oxygen atoms in total. The van der Waals surface area contributed by atoms with Gasteiger partial charge >= 0.3 is 0 Å². The minimum absolute atomic E-state index is 0.340. The third kappa shape index (κ3) is 4.69. The van der Waals surface area contributed by atoms with Gasteiger partial charge in [-0.25, -0.2) is 8.42 Å². The third-order valence-corrected chi connectivity index (χ3v) is 5.60. The molecule has 0 amide bonds. The van der Waals surface area contributed by atoms with E-state index in [9.17, 15) is 8.42 Å². The van der Waals surface area contributed by atoms with E-state index in [0.717, 1.165) is 28.6 Å². The zero-order valence-corrected chi connectivity index (χ0v) is 14.3. The summed E-state index contributed by atoms with van der Waals surface area (Å²) in [4.78, 5) is 1.35. The highest BCUT2D eigenvalue weighted by molar-refractivity contribution is 7.98. The van der Waals surface area contributed by atoms with Crippen LogP contribution in [0.4, 0.5) is 5.00 Å². The highest BCUT2D eigenvalue weighted by Crippen LogP contribution is 2.28. The number of nitrogens with one attached hydrogen (secondary N) is 1. The second kappa shape index (κ2) is 7.24. The Morgan fingerprint density at radius 1 is 1.29 bits per heavy atom. The Kier molecular flexibility index (Phi) is 5.60. The molecule has 0 radical (unpaired) electrons. The number of anilines is 1. The van der Waals surface area contributed by atoms with Crippen molar-refractivity contribution in [1.29, 1.82) is 0 Å². The summed E-state index contributed by atoms with van der Waals surface area (Å²) in [5, 5.41) is 8.45. The van der Waals surface area contributed by atoms with Gasteiger partial charge in [-0.15, -0.1) is 16.9 Å². The van der Waals surface area contributed by atoms with Crippen LogP contribution in [0.5, 0.6) is 0 Å². The van der Waals surface area contributed by atoms with Crippen molar-refractivity contribution in [2.45, 2.75) is 28.9 Å². The number of aromatic nitrogens is 2. The van der Waals surface area contributed by atoms with Crippen molar-refractivity contribution in [1.82, 2.24) is 9.59 Å². The lowest BCUT2D eigenvalue weighted by Gasteiger charge is -2.04. The Morgan fingerprint density at radius 2 is 2.00 bits per heavy atom. The van der Waals surface area contributed by atoms with E-state index >= 15 is 0 Å². The standard InChI is InChI=1S/C13H17N3O2S3/c1-3-8-14-13-12(15-16-20-13)9-19-10-4-6-11(7-5-10)21(2,17)18/h4-7,14H,3,8-9H2,1-2H3. The first-order chi connectivity index (χ1) is 10.0. The van der Waals surface area contributed by atoms with Gasteiger partial charge < -0.3 is 5.32 Å². The van der Waals surface area contributed by atoms with Crippen molar-refractivity contribution in [2.75, 3.05) is 18.1 Å². The first kappa shape index (κ1) is 16.3. The van der Waals surface area contributed by atoms with Gasteiger partial charge in [-0.05, 0) is 30.7 Å². The maximum absolute atomic E-state index is 11.4. The Bertz CT molecular complexity index is 681. The molecule has 1 aromatic heterocycles. The monoisotopic (exact) mass is 343 g/mol. The Balaban J connectivity index is 1.99. The molecular formula is C13H17N3O2S3. The van der Waals surface area contributed by atoms with Crippen LogP contribution in [0.1, 0.15) is 19.0 Å². The van der Waals surface area contributed by atoms with E-state index in [2.05, 4.69) is 21.8 Å². The molecule has 0 saturated carbocycles. The number of hydrogen-bond donors (Lipinski definition) is 1. The van der Waals surface area contributed by atoms with Gasteiger partial charge in [0.25, 0.3) is 0 Å². The molecule has 0 aliphatic rings. The van der Waals surface area contributed by atoms with E-state index < -0.39 is 9.84 Å². The van der Waals surface area contributed by atoms with E-state index in [-0.39, 0.29) is 0 Å². The van der Waals surface area contributed by atoms with Gasteiger partial charge in [0.1, 0.15) is 10.7 Å². The number of nitrogens with zero attached hydrogens (tertiary/aromatic N) is 2. The number of thioether (sulfide) groups is 1. The lowest BCUT2D eigenvalue weighted by molar-refractivity contribution is 0.602. The highest BCUT2D eigenvalue weighted by atomic mass is 32.2. The molecule has 1 aromatic carbocycles. The molecule has 0 spiro atoms. The maximum Gasteiger partial charge on any atom is 0.175 e. The Labute approximate surface area is 133 Å². The first-order valence-corrected chi connectivity index (χ1v) is 10.1. The third-order valence-electron chi connectivity index (χ3n) is 2.72. The molecule has 0 bridgehead atoms.